The zero-order valence-corrected chi connectivity index (χ0v) is 32.5. The van der Waals surface area contributed by atoms with Crippen LogP contribution < -0.4 is 20.7 Å². The van der Waals surface area contributed by atoms with Crippen molar-refractivity contribution in [2.24, 2.45) is 0 Å². The summed E-state index contributed by atoms with van der Waals surface area (Å²) in [5.74, 6) is 0. The number of hydrogen-bond acceptors (Lipinski definition) is 1. The van der Waals surface area contributed by atoms with Crippen LogP contribution in [0.2, 0.25) is 0 Å². The van der Waals surface area contributed by atoms with Crippen LogP contribution in [0.5, 0.6) is 0 Å². The van der Waals surface area contributed by atoms with Gasteiger partial charge in [-0.2, -0.15) is 0 Å². The maximum absolute atomic E-state index is 2.86. The first-order chi connectivity index (χ1) is 27.8. The van der Waals surface area contributed by atoms with Crippen molar-refractivity contribution in [2.45, 2.75) is 0 Å². The Morgan fingerprint density at radius 2 is 0.732 bits per heavy atom. The van der Waals surface area contributed by atoms with E-state index >= 15 is 0 Å². The third-order valence-corrected chi connectivity index (χ3v) is 17.8. The summed E-state index contributed by atoms with van der Waals surface area (Å²) in [5, 5.41) is 15.9. The topological polar surface area (TPSA) is 0 Å². The Bertz CT molecular complexity index is 3110. The molecule has 0 aliphatic rings. The predicted octanol–water partition coefficient (Wildman–Crippen LogP) is 12.2. The van der Waals surface area contributed by atoms with Gasteiger partial charge in [-0.15, -0.1) is 11.3 Å². The minimum absolute atomic E-state index is 1.22. The molecule has 1 heterocycles. The van der Waals surface area contributed by atoms with E-state index in [1.54, 1.807) is 0 Å². The molecule has 1 aromatic heterocycles. The van der Waals surface area contributed by atoms with Crippen LogP contribution in [0.25, 0.3) is 74.7 Å². The minimum atomic E-state index is -2.86. The molecule has 0 spiro atoms. The van der Waals surface area contributed by atoms with Crippen molar-refractivity contribution >= 4 is 92.6 Å². The van der Waals surface area contributed by atoms with Crippen LogP contribution in [-0.2, 0) is 0 Å². The monoisotopic (exact) mass is 744 g/mol. The summed E-state index contributed by atoms with van der Waals surface area (Å²) in [7, 11) is -2.86. The molecule has 0 N–H and O–H groups in total. The second kappa shape index (κ2) is 13.3. The molecule has 0 aliphatic carbocycles. The number of thiophene rings is 1. The molecule has 2 heteroatoms. The molecule has 262 valence electrons. The molecule has 0 radical (unpaired) electrons. The van der Waals surface area contributed by atoms with Crippen LogP contribution in [0, 0.1) is 0 Å². The molecule has 0 fully saturated rings. The molecule has 0 bridgehead atoms. The maximum Gasteiger partial charge on any atom is 0.179 e. The molecule has 10 aromatic carbocycles. The molecule has 11 rings (SSSR count). The van der Waals surface area contributed by atoms with E-state index in [4.69, 9.17) is 0 Å². The van der Waals surface area contributed by atoms with Crippen LogP contribution in [0.15, 0.2) is 218 Å². The van der Waals surface area contributed by atoms with E-state index in [2.05, 4.69) is 218 Å². The van der Waals surface area contributed by atoms with Crippen molar-refractivity contribution < 1.29 is 0 Å². The Kier molecular flexibility index (Phi) is 7.80. The third kappa shape index (κ3) is 5.11. The highest BCUT2D eigenvalue weighted by Crippen LogP contribution is 2.42. The van der Waals surface area contributed by atoms with Crippen LogP contribution >= 0.6 is 11.3 Å². The van der Waals surface area contributed by atoms with Gasteiger partial charge in [-0.3, -0.25) is 0 Å². The lowest BCUT2D eigenvalue weighted by molar-refractivity contribution is 1.63. The van der Waals surface area contributed by atoms with Gasteiger partial charge in [-0.05, 0) is 93.5 Å². The molecular weight excluding hydrogens is 709 g/mol. The van der Waals surface area contributed by atoms with Gasteiger partial charge in [0, 0.05) is 20.2 Å². The van der Waals surface area contributed by atoms with Gasteiger partial charge in [0.15, 0.2) is 8.07 Å². The first-order valence-electron chi connectivity index (χ1n) is 19.3. The molecule has 56 heavy (non-hydrogen) atoms. The van der Waals surface area contributed by atoms with E-state index in [1.807, 2.05) is 11.3 Å². The average Bonchev–Trinajstić information content (AvgIpc) is 3.67. The second-order valence-corrected chi connectivity index (χ2v) is 19.6. The SMILES string of the molecule is c1ccc([Si](c2ccccc2)(c2ccccc2)c2cc(-c3ccc4c5ccccc5c5ccccc5c4c3)cc(-c3cccc4c3sc3ccccc34)c2)cc1. The Morgan fingerprint density at radius 1 is 0.268 bits per heavy atom. The van der Waals surface area contributed by atoms with Crippen molar-refractivity contribution in [1.29, 1.82) is 0 Å². The van der Waals surface area contributed by atoms with Crippen molar-refractivity contribution in [3.8, 4) is 22.3 Å². The summed E-state index contributed by atoms with van der Waals surface area (Å²) in [6.45, 7) is 0. The van der Waals surface area contributed by atoms with Gasteiger partial charge in [-0.25, -0.2) is 0 Å². The molecular formula is C54H36SSi. The predicted molar refractivity (Wildman–Crippen MR) is 246 cm³/mol. The zero-order chi connectivity index (χ0) is 37.1. The van der Waals surface area contributed by atoms with E-state index in [1.165, 1.54) is 95.5 Å². The quantitative estimate of drug-likeness (QED) is 0.0903. The van der Waals surface area contributed by atoms with E-state index in [-0.39, 0.29) is 0 Å². The van der Waals surface area contributed by atoms with Crippen LogP contribution in [0.4, 0.5) is 0 Å². The lowest BCUT2D eigenvalue weighted by atomic mass is 9.91. The lowest BCUT2D eigenvalue weighted by Gasteiger charge is -2.35. The van der Waals surface area contributed by atoms with Gasteiger partial charge in [-0.1, -0.05) is 200 Å². The van der Waals surface area contributed by atoms with Crippen molar-refractivity contribution in [3.63, 3.8) is 0 Å². The van der Waals surface area contributed by atoms with E-state index in [0.717, 1.165) is 0 Å². The summed E-state index contributed by atoms with van der Waals surface area (Å²) < 4.78 is 2.65. The Balaban J connectivity index is 1.27. The van der Waals surface area contributed by atoms with Gasteiger partial charge in [0.05, 0.1) is 0 Å². The highest BCUT2D eigenvalue weighted by atomic mass is 32.1. The van der Waals surface area contributed by atoms with E-state index in [0.29, 0.717) is 0 Å². The number of benzene rings is 10. The fourth-order valence-electron chi connectivity index (χ4n) is 9.29. The molecule has 0 nitrogen and oxygen atoms in total. The van der Waals surface area contributed by atoms with Gasteiger partial charge in [0.25, 0.3) is 0 Å². The van der Waals surface area contributed by atoms with Gasteiger partial charge in [0.1, 0.15) is 0 Å². The van der Waals surface area contributed by atoms with Crippen LogP contribution in [0.3, 0.4) is 0 Å². The largest absolute Gasteiger partial charge is 0.179 e. The fraction of sp³-hybridized carbons (Fsp3) is 0. The van der Waals surface area contributed by atoms with Crippen molar-refractivity contribution in [1.82, 2.24) is 0 Å². The zero-order valence-electron chi connectivity index (χ0n) is 30.7. The van der Waals surface area contributed by atoms with Crippen LogP contribution in [-0.4, -0.2) is 8.07 Å². The lowest BCUT2D eigenvalue weighted by Crippen LogP contribution is -2.74. The smallest absolute Gasteiger partial charge is 0.135 e. The van der Waals surface area contributed by atoms with Gasteiger partial charge < -0.3 is 0 Å². The van der Waals surface area contributed by atoms with Crippen molar-refractivity contribution in [3.05, 3.63) is 218 Å². The molecule has 0 saturated carbocycles. The number of rotatable bonds is 6. The molecule has 0 saturated heterocycles. The van der Waals surface area contributed by atoms with Crippen molar-refractivity contribution in [2.75, 3.05) is 0 Å². The minimum Gasteiger partial charge on any atom is -0.135 e. The molecule has 0 unspecified atom stereocenters. The third-order valence-electron chi connectivity index (χ3n) is 11.8. The van der Waals surface area contributed by atoms with E-state index in [9.17, 15) is 0 Å². The number of fused-ring (bicyclic) bond motifs is 9. The van der Waals surface area contributed by atoms with E-state index < -0.39 is 8.07 Å². The van der Waals surface area contributed by atoms with Crippen LogP contribution in [0.1, 0.15) is 0 Å². The molecule has 0 aliphatic heterocycles. The first-order valence-corrected chi connectivity index (χ1v) is 22.2. The first kappa shape index (κ1) is 32.8. The maximum atomic E-state index is 2.53. The standard InChI is InChI=1S/C54H36SSi/c1-4-17-40(18-5-1)56(41-19-6-2-7-20-41,42-21-8-3-9-22-42)43-34-38(33-39(35-43)44-28-16-29-51-50-27-14-15-30-53(50)55-54(44)51)37-31-32-49-47-25-11-10-23-45(47)46-24-12-13-26-48(46)52(49)36-37/h1-36H. The molecule has 0 amide bonds. The second-order valence-electron chi connectivity index (χ2n) is 14.8. The normalized spacial score (nSPS) is 11.9. The summed E-state index contributed by atoms with van der Waals surface area (Å²) >= 11 is 1.90. The summed E-state index contributed by atoms with van der Waals surface area (Å²) in [6, 6.07) is 82.0. The summed E-state index contributed by atoms with van der Waals surface area (Å²) in [6.07, 6.45) is 0. The van der Waals surface area contributed by atoms with Gasteiger partial charge >= 0.3 is 0 Å². The highest BCUT2D eigenvalue weighted by Gasteiger charge is 2.41. The Morgan fingerprint density at radius 3 is 1.32 bits per heavy atom. The Labute approximate surface area is 331 Å². The Hall–Kier alpha value is -6.58. The molecule has 11 aromatic rings. The van der Waals surface area contributed by atoms with Gasteiger partial charge in [0.2, 0.25) is 0 Å². The number of hydrogen-bond donors (Lipinski definition) is 0. The highest BCUT2D eigenvalue weighted by molar-refractivity contribution is 7.26. The average molecular weight is 745 g/mol. The fourth-order valence-corrected chi connectivity index (χ4v) is 15.4. The summed E-state index contributed by atoms with van der Waals surface area (Å²) in [4.78, 5) is 0. The molecule has 0 atom stereocenters. The summed E-state index contributed by atoms with van der Waals surface area (Å²) in [5.41, 5.74) is 4.98.